The topological polar surface area (TPSA) is 37.4 Å². The number of hydrogen-bond acceptors (Lipinski definition) is 2. The minimum atomic E-state index is -3.58. The zero-order valence-corrected chi connectivity index (χ0v) is 17.8. The molecule has 3 aromatic rings. The van der Waals surface area contributed by atoms with Crippen LogP contribution in [0.3, 0.4) is 0 Å². The van der Waals surface area contributed by atoms with Crippen molar-refractivity contribution in [2.75, 3.05) is 0 Å². The van der Waals surface area contributed by atoms with Gasteiger partial charge >= 0.3 is 0 Å². The normalized spacial score (nSPS) is 20.8. The van der Waals surface area contributed by atoms with E-state index in [1.165, 1.54) is 27.8 Å². The van der Waals surface area contributed by atoms with Crippen molar-refractivity contribution in [3.05, 3.63) is 99.6 Å². The second-order valence-electron chi connectivity index (χ2n) is 8.46. The van der Waals surface area contributed by atoms with Crippen LogP contribution in [-0.2, 0) is 23.0 Å². The average Bonchev–Trinajstić information content (AvgIpc) is 3.08. The van der Waals surface area contributed by atoms with E-state index in [2.05, 4.69) is 50.2 Å². The molecule has 0 radical (unpaired) electrons. The van der Waals surface area contributed by atoms with Gasteiger partial charge in [-0.1, -0.05) is 59.7 Å². The molecular formula is C25H25NO2S. The molecule has 0 aromatic heterocycles. The molecule has 0 saturated carbocycles. The molecule has 0 saturated heterocycles. The zero-order chi connectivity index (χ0) is 20.3. The smallest absolute Gasteiger partial charge is 0.207 e. The van der Waals surface area contributed by atoms with Gasteiger partial charge < -0.3 is 0 Å². The zero-order valence-electron chi connectivity index (χ0n) is 17.0. The van der Waals surface area contributed by atoms with Crippen LogP contribution in [0.4, 0.5) is 0 Å². The molecule has 0 spiro atoms. The molecule has 0 N–H and O–H groups in total. The van der Waals surface area contributed by atoms with Crippen LogP contribution >= 0.6 is 0 Å². The molecule has 0 fully saturated rings. The Bertz CT molecular complexity index is 1210. The van der Waals surface area contributed by atoms with Crippen LogP contribution in [0.25, 0.3) is 0 Å². The predicted octanol–water partition coefficient (Wildman–Crippen LogP) is 4.87. The maximum Gasteiger partial charge on any atom is 0.243 e. The Hall–Kier alpha value is -2.43. The van der Waals surface area contributed by atoms with Crippen molar-refractivity contribution in [1.82, 2.24) is 4.31 Å². The Morgan fingerprint density at radius 1 is 0.862 bits per heavy atom. The van der Waals surface area contributed by atoms with Crippen LogP contribution in [0.5, 0.6) is 0 Å². The minimum Gasteiger partial charge on any atom is -0.207 e. The summed E-state index contributed by atoms with van der Waals surface area (Å²) in [4.78, 5) is 0.380. The molecule has 0 bridgehead atoms. The molecule has 1 heterocycles. The van der Waals surface area contributed by atoms with Crippen molar-refractivity contribution in [1.29, 1.82) is 0 Å². The molecule has 1 aliphatic heterocycles. The fourth-order valence-electron chi connectivity index (χ4n) is 5.07. The number of benzene rings is 3. The number of rotatable bonds is 2. The lowest BCUT2D eigenvalue weighted by Crippen LogP contribution is -2.45. The highest BCUT2D eigenvalue weighted by Crippen LogP contribution is 2.48. The molecule has 1 aliphatic carbocycles. The third-order valence-corrected chi connectivity index (χ3v) is 8.38. The molecule has 5 rings (SSSR count). The number of fused-ring (bicyclic) bond motifs is 5. The third kappa shape index (κ3) is 2.85. The van der Waals surface area contributed by atoms with Gasteiger partial charge in [-0.2, -0.15) is 4.31 Å². The van der Waals surface area contributed by atoms with E-state index in [9.17, 15) is 8.42 Å². The summed E-state index contributed by atoms with van der Waals surface area (Å²) in [7, 11) is -3.58. The first kappa shape index (κ1) is 18.6. The van der Waals surface area contributed by atoms with Gasteiger partial charge in [0.25, 0.3) is 0 Å². The summed E-state index contributed by atoms with van der Waals surface area (Å²) in [5.41, 5.74) is 8.52. The van der Waals surface area contributed by atoms with E-state index in [1.54, 1.807) is 16.4 Å². The first-order valence-electron chi connectivity index (χ1n) is 10.1. The van der Waals surface area contributed by atoms with Crippen molar-refractivity contribution in [3.8, 4) is 0 Å². The fraction of sp³-hybridized carbons (Fsp3) is 0.280. The lowest BCUT2D eigenvalue weighted by atomic mass is 9.82. The third-order valence-electron chi connectivity index (χ3n) is 6.50. The van der Waals surface area contributed by atoms with Crippen LogP contribution in [0.1, 0.15) is 44.9 Å². The van der Waals surface area contributed by atoms with E-state index in [-0.39, 0.29) is 12.0 Å². The van der Waals surface area contributed by atoms with E-state index in [1.807, 2.05) is 19.1 Å². The molecule has 29 heavy (non-hydrogen) atoms. The number of hydrogen-bond donors (Lipinski definition) is 0. The number of aryl methyl sites for hydroxylation is 3. The minimum absolute atomic E-state index is 0.0771. The van der Waals surface area contributed by atoms with Gasteiger partial charge in [-0.25, -0.2) is 8.42 Å². The van der Waals surface area contributed by atoms with Crippen molar-refractivity contribution in [3.63, 3.8) is 0 Å². The molecule has 2 aliphatic rings. The number of nitrogens with zero attached hydrogens (tertiary/aromatic N) is 1. The summed E-state index contributed by atoms with van der Waals surface area (Å²) in [5, 5.41) is 0. The van der Waals surface area contributed by atoms with E-state index in [4.69, 9.17) is 0 Å². The maximum absolute atomic E-state index is 13.7. The molecule has 4 heteroatoms. The first-order valence-corrected chi connectivity index (χ1v) is 11.6. The Balaban J connectivity index is 1.70. The second kappa shape index (κ2) is 6.54. The highest BCUT2D eigenvalue weighted by atomic mass is 32.2. The Kier molecular flexibility index (Phi) is 4.19. The summed E-state index contributed by atoms with van der Waals surface area (Å²) < 4.78 is 29.1. The molecule has 0 unspecified atom stereocenters. The molecule has 3 nitrogen and oxygen atoms in total. The Morgan fingerprint density at radius 2 is 1.59 bits per heavy atom. The van der Waals surface area contributed by atoms with Crippen LogP contribution in [0, 0.1) is 20.8 Å². The summed E-state index contributed by atoms with van der Waals surface area (Å²) in [5.74, 6) is 0.0927. The van der Waals surface area contributed by atoms with Gasteiger partial charge in [0.15, 0.2) is 0 Å². The highest BCUT2D eigenvalue weighted by Gasteiger charge is 2.46. The molecule has 148 valence electrons. The second-order valence-corrected chi connectivity index (χ2v) is 10.4. The van der Waals surface area contributed by atoms with Gasteiger partial charge in [-0.3, -0.25) is 0 Å². The lowest BCUT2D eigenvalue weighted by molar-refractivity contribution is 0.281. The van der Waals surface area contributed by atoms with Gasteiger partial charge in [-0.15, -0.1) is 0 Å². The summed E-state index contributed by atoms with van der Waals surface area (Å²) in [6.45, 7) is 6.66. The predicted molar refractivity (Wildman–Crippen MR) is 116 cm³/mol. The van der Waals surface area contributed by atoms with Crippen LogP contribution in [0.2, 0.25) is 0 Å². The van der Waals surface area contributed by atoms with E-state index >= 15 is 0 Å². The van der Waals surface area contributed by atoms with Gasteiger partial charge in [-0.05, 0) is 67.1 Å². The maximum atomic E-state index is 13.7. The standard InChI is InChI=1S/C25H25NO2S/c1-16-8-11-21(12-9-16)29(27,28)26-15-20-10-7-17(2)13-22(20)25-23(26)14-19-6-4-5-18(3)24(19)25/h4-13,23,25H,14-15H2,1-3H3/t23-,25-/m0/s1. The quantitative estimate of drug-likeness (QED) is 0.612. The van der Waals surface area contributed by atoms with Crippen molar-refractivity contribution >= 4 is 10.0 Å². The summed E-state index contributed by atoms with van der Waals surface area (Å²) >= 11 is 0. The van der Waals surface area contributed by atoms with Gasteiger partial charge in [0.1, 0.15) is 0 Å². The van der Waals surface area contributed by atoms with E-state index in [0.29, 0.717) is 11.4 Å². The van der Waals surface area contributed by atoms with Gasteiger partial charge in [0.05, 0.1) is 4.90 Å². The van der Waals surface area contributed by atoms with E-state index in [0.717, 1.165) is 17.5 Å². The van der Waals surface area contributed by atoms with E-state index < -0.39 is 10.0 Å². The highest BCUT2D eigenvalue weighted by molar-refractivity contribution is 7.89. The fourth-order valence-corrected chi connectivity index (χ4v) is 6.69. The SMILES string of the molecule is Cc1ccc(S(=O)(=O)N2Cc3ccc(C)cc3[C@@H]3c4c(C)cccc4C[C@@H]32)cc1. The monoisotopic (exact) mass is 403 g/mol. The Labute approximate surface area is 173 Å². The summed E-state index contributed by atoms with van der Waals surface area (Å²) in [6.07, 6.45) is 0.764. The lowest BCUT2D eigenvalue weighted by Gasteiger charge is -2.39. The molecule has 0 amide bonds. The van der Waals surface area contributed by atoms with Crippen molar-refractivity contribution in [2.24, 2.45) is 0 Å². The molecular weight excluding hydrogens is 378 g/mol. The van der Waals surface area contributed by atoms with Gasteiger partial charge in [0.2, 0.25) is 10.0 Å². The van der Waals surface area contributed by atoms with Crippen LogP contribution in [-0.4, -0.2) is 18.8 Å². The van der Waals surface area contributed by atoms with Gasteiger partial charge in [0, 0.05) is 18.5 Å². The molecule has 3 aromatic carbocycles. The largest absolute Gasteiger partial charge is 0.243 e. The molecule has 2 atom stereocenters. The first-order chi connectivity index (χ1) is 13.9. The van der Waals surface area contributed by atoms with Crippen LogP contribution < -0.4 is 0 Å². The number of sulfonamides is 1. The van der Waals surface area contributed by atoms with Crippen molar-refractivity contribution < 1.29 is 8.42 Å². The average molecular weight is 404 g/mol. The summed E-state index contributed by atoms with van der Waals surface area (Å²) in [6, 6.07) is 20.0. The Morgan fingerprint density at radius 3 is 2.34 bits per heavy atom. The van der Waals surface area contributed by atoms with Crippen LogP contribution in [0.15, 0.2) is 65.6 Å². The van der Waals surface area contributed by atoms with Crippen molar-refractivity contribution in [2.45, 2.75) is 50.6 Å².